The molecule has 80 valence electrons. The second kappa shape index (κ2) is 4.19. The van der Waals surface area contributed by atoms with E-state index in [0.717, 1.165) is 16.3 Å². The molecule has 0 unspecified atom stereocenters. The van der Waals surface area contributed by atoms with Crippen LogP contribution in [0.4, 0.5) is 0 Å². The van der Waals surface area contributed by atoms with Crippen LogP contribution in [0.1, 0.15) is 5.56 Å². The molecule has 0 N–H and O–H groups in total. The zero-order chi connectivity index (χ0) is 11.5. The van der Waals surface area contributed by atoms with Crippen molar-refractivity contribution in [3.05, 3.63) is 54.6 Å². The van der Waals surface area contributed by atoms with E-state index >= 15 is 0 Å². The topological polar surface area (TPSA) is 26.3 Å². The molecule has 0 aliphatic carbocycles. The number of aryl methyl sites for hydroxylation is 1. The third kappa shape index (κ3) is 1.82. The molecule has 0 bridgehead atoms. The molecule has 2 aromatic carbocycles. The lowest BCUT2D eigenvalue weighted by molar-refractivity contribution is -0.128. The van der Waals surface area contributed by atoms with E-state index in [1.165, 1.54) is 6.08 Å². The van der Waals surface area contributed by atoms with E-state index in [1.54, 1.807) is 0 Å². The van der Waals surface area contributed by atoms with Gasteiger partial charge in [0.05, 0.1) is 0 Å². The number of esters is 1. The third-order valence-electron chi connectivity index (χ3n) is 2.45. The van der Waals surface area contributed by atoms with Crippen LogP contribution in [-0.2, 0) is 4.79 Å². The molecule has 2 heteroatoms. The van der Waals surface area contributed by atoms with Crippen molar-refractivity contribution in [3.8, 4) is 5.75 Å². The Kier molecular flexibility index (Phi) is 2.73. The van der Waals surface area contributed by atoms with Gasteiger partial charge < -0.3 is 4.74 Å². The zero-order valence-electron chi connectivity index (χ0n) is 9.07. The molecule has 2 rings (SSSR count). The number of hydrogen-bond donors (Lipinski definition) is 0. The smallest absolute Gasteiger partial charge is 0.335 e. The van der Waals surface area contributed by atoms with E-state index in [2.05, 4.69) is 6.58 Å². The summed E-state index contributed by atoms with van der Waals surface area (Å²) in [6.07, 6.45) is 1.17. The first-order valence-corrected chi connectivity index (χ1v) is 5.05. The molecule has 2 aromatic rings. The molecule has 0 aliphatic heterocycles. The number of carbonyl (C=O) groups is 1. The Labute approximate surface area is 94.2 Å². The number of hydrogen-bond acceptors (Lipinski definition) is 2. The summed E-state index contributed by atoms with van der Waals surface area (Å²) in [6.45, 7) is 5.31. The Morgan fingerprint density at radius 1 is 1.25 bits per heavy atom. The first-order valence-electron chi connectivity index (χ1n) is 5.05. The highest BCUT2D eigenvalue weighted by Gasteiger charge is 2.08. The van der Waals surface area contributed by atoms with Gasteiger partial charge in [0.25, 0.3) is 0 Å². The standard InChI is InChI=1S/C14H12O2/c1-3-13(15)16-14-10(2)8-9-11-6-4-5-7-12(11)14/h3-9H,1H2,2H3. The number of ether oxygens (including phenoxy) is 1. The first-order chi connectivity index (χ1) is 7.72. The Hall–Kier alpha value is -2.09. The van der Waals surface area contributed by atoms with Crippen molar-refractivity contribution in [2.45, 2.75) is 6.92 Å². The quantitative estimate of drug-likeness (QED) is 0.434. The van der Waals surface area contributed by atoms with E-state index < -0.39 is 5.97 Å². The van der Waals surface area contributed by atoms with Gasteiger partial charge in [-0.1, -0.05) is 43.0 Å². The lowest BCUT2D eigenvalue weighted by Crippen LogP contribution is -2.04. The monoisotopic (exact) mass is 212 g/mol. The predicted molar refractivity (Wildman–Crippen MR) is 64.5 cm³/mol. The van der Waals surface area contributed by atoms with E-state index in [0.29, 0.717) is 5.75 Å². The molecule has 16 heavy (non-hydrogen) atoms. The highest BCUT2D eigenvalue weighted by Crippen LogP contribution is 2.29. The second-order valence-corrected chi connectivity index (χ2v) is 3.56. The van der Waals surface area contributed by atoms with Crippen LogP contribution in [0, 0.1) is 6.92 Å². The van der Waals surface area contributed by atoms with Gasteiger partial charge in [0, 0.05) is 11.5 Å². The molecule has 0 saturated carbocycles. The fourth-order valence-corrected chi connectivity index (χ4v) is 1.63. The maximum absolute atomic E-state index is 11.2. The maximum Gasteiger partial charge on any atom is 0.335 e. The minimum absolute atomic E-state index is 0.431. The van der Waals surface area contributed by atoms with Crippen molar-refractivity contribution in [1.82, 2.24) is 0 Å². The van der Waals surface area contributed by atoms with Crippen LogP contribution in [0.5, 0.6) is 5.75 Å². The summed E-state index contributed by atoms with van der Waals surface area (Å²) >= 11 is 0. The van der Waals surface area contributed by atoms with Crippen LogP contribution < -0.4 is 4.74 Å². The molecule has 0 saturated heterocycles. The number of carbonyl (C=O) groups excluding carboxylic acids is 1. The van der Waals surface area contributed by atoms with Crippen molar-refractivity contribution in [2.24, 2.45) is 0 Å². The van der Waals surface area contributed by atoms with Crippen molar-refractivity contribution in [3.63, 3.8) is 0 Å². The molecule has 0 aromatic heterocycles. The summed E-state index contributed by atoms with van der Waals surface area (Å²) in [5.41, 5.74) is 0.939. The molecule has 0 fully saturated rings. The van der Waals surface area contributed by atoms with Crippen LogP contribution in [-0.4, -0.2) is 5.97 Å². The fraction of sp³-hybridized carbons (Fsp3) is 0.0714. The lowest BCUT2D eigenvalue weighted by Gasteiger charge is -2.09. The normalized spacial score (nSPS) is 10.1. The minimum atomic E-state index is -0.431. The maximum atomic E-state index is 11.2. The Bertz CT molecular complexity index is 556. The summed E-state index contributed by atoms with van der Waals surface area (Å²) in [4.78, 5) is 11.2. The van der Waals surface area contributed by atoms with Gasteiger partial charge in [-0.3, -0.25) is 0 Å². The first kappa shape index (κ1) is 10.4. The van der Waals surface area contributed by atoms with Crippen molar-refractivity contribution in [1.29, 1.82) is 0 Å². The van der Waals surface area contributed by atoms with Crippen LogP contribution in [0.25, 0.3) is 10.8 Å². The van der Waals surface area contributed by atoms with Gasteiger partial charge in [0.1, 0.15) is 5.75 Å². The summed E-state index contributed by atoms with van der Waals surface area (Å²) in [5.74, 6) is 0.183. The van der Waals surface area contributed by atoms with E-state index in [4.69, 9.17) is 4.74 Å². The number of benzene rings is 2. The van der Waals surface area contributed by atoms with Gasteiger partial charge in [0.15, 0.2) is 0 Å². The Morgan fingerprint density at radius 2 is 2.00 bits per heavy atom. The largest absolute Gasteiger partial charge is 0.422 e. The molecular weight excluding hydrogens is 200 g/mol. The summed E-state index contributed by atoms with van der Waals surface area (Å²) < 4.78 is 5.25. The minimum Gasteiger partial charge on any atom is -0.422 e. The molecule has 0 atom stereocenters. The average molecular weight is 212 g/mol. The van der Waals surface area contributed by atoms with Crippen molar-refractivity contribution < 1.29 is 9.53 Å². The fourth-order valence-electron chi connectivity index (χ4n) is 1.63. The van der Waals surface area contributed by atoms with Crippen LogP contribution in [0.3, 0.4) is 0 Å². The van der Waals surface area contributed by atoms with E-state index in [-0.39, 0.29) is 0 Å². The summed E-state index contributed by atoms with van der Waals surface area (Å²) in [5, 5.41) is 2.00. The SMILES string of the molecule is C=CC(=O)Oc1c(C)ccc2ccccc12. The highest BCUT2D eigenvalue weighted by atomic mass is 16.5. The Balaban J connectivity index is 2.61. The molecule has 0 radical (unpaired) electrons. The van der Waals surface area contributed by atoms with Crippen molar-refractivity contribution >= 4 is 16.7 Å². The van der Waals surface area contributed by atoms with Gasteiger partial charge in [-0.25, -0.2) is 4.79 Å². The zero-order valence-corrected chi connectivity index (χ0v) is 9.07. The molecule has 0 amide bonds. The van der Waals surface area contributed by atoms with Gasteiger partial charge in [-0.15, -0.1) is 0 Å². The van der Waals surface area contributed by atoms with Crippen LogP contribution >= 0.6 is 0 Å². The predicted octanol–water partition coefficient (Wildman–Crippen LogP) is 3.24. The molecule has 0 aliphatic rings. The van der Waals surface area contributed by atoms with Gasteiger partial charge >= 0.3 is 5.97 Å². The number of fused-ring (bicyclic) bond motifs is 1. The van der Waals surface area contributed by atoms with Crippen molar-refractivity contribution in [2.75, 3.05) is 0 Å². The molecule has 2 nitrogen and oxygen atoms in total. The lowest BCUT2D eigenvalue weighted by atomic mass is 10.1. The number of rotatable bonds is 2. The second-order valence-electron chi connectivity index (χ2n) is 3.56. The molecule has 0 heterocycles. The van der Waals surface area contributed by atoms with Crippen LogP contribution in [0.15, 0.2) is 49.1 Å². The van der Waals surface area contributed by atoms with Crippen LogP contribution in [0.2, 0.25) is 0 Å². The van der Waals surface area contributed by atoms with Gasteiger partial charge in [0.2, 0.25) is 0 Å². The third-order valence-corrected chi connectivity index (χ3v) is 2.45. The molecule has 0 spiro atoms. The molecular formula is C14H12O2. The summed E-state index contributed by atoms with van der Waals surface area (Å²) in [6, 6.07) is 11.8. The average Bonchev–Trinajstić information content (AvgIpc) is 2.32. The van der Waals surface area contributed by atoms with E-state index in [1.807, 2.05) is 43.3 Å². The Morgan fingerprint density at radius 3 is 2.75 bits per heavy atom. The highest BCUT2D eigenvalue weighted by molar-refractivity contribution is 5.93. The summed E-state index contributed by atoms with van der Waals surface area (Å²) in [7, 11) is 0. The van der Waals surface area contributed by atoms with Gasteiger partial charge in [-0.2, -0.15) is 0 Å². The van der Waals surface area contributed by atoms with Gasteiger partial charge in [-0.05, 0) is 17.9 Å². The van der Waals surface area contributed by atoms with E-state index in [9.17, 15) is 4.79 Å².